The van der Waals surface area contributed by atoms with Gasteiger partial charge in [0.15, 0.2) is 18.6 Å². The maximum absolute atomic E-state index is 15.2. The van der Waals surface area contributed by atoms with E-state index in [0.717, 1.165) is 56.7 Å². The van der Waals surface area contributed by atoms with Gasteiger partial charge in [-0.3, -0.25) is 33.6 Å². The first-order valence-corrected chi connectivity index (χ1v) is 36.1. The Morgan fingerprint density at radius 2 is 1.51 bits per heavy atom. The number of carbonyl (C=O) groups is 8. The Balaban J connectivity index is 1.03. The zero-order chi connectivity index (χ0) is 73.6. The van der Waals surface area contributed by atoms with Crippen molar-refractivity contribution in [2.45, 2.75) is 114 Å². The van der Waals surface area contributed by atoms with Crippen molar-refractivity contribution in [2.75, 3.05) is 54.6 Å². The summed E-state index contributed by atoms with van der Waals surface area (Å²) in [6, 6.07) is 0.983. The van der Waals surface area contributed by atoms with Gasteiger partial charge in [-0.1, -0.05) is 12.1 Å². The molecule has 1 aromatic carbocycles. The number of primary amides is 1. The summed E-state index contributed by atoms with van der Waals surface area (Å²) < 4.78 is 38.6. The van der Waals surface area contributed by atoms with E-state index in [9.17, 15) is 44.8 Å². The number of ketones is 1. The number of rotatable bonds is 13. The fourth-order valence-corrected chi connectivity index (χ4v) is 16.1. The van der Waals surface area contributed by atoms with Gasteiger partial charge < -0.3 is 96.2 Å². The van der Waals surface area contributed by atoms with Crippen molar-refractivity contribution >= 4 is 120 Å². The predicted molar refractivity (Wildman–Crippen MR) is 369 cm³/mol. The Morgan fingerprint density at radius 1 is 0.845 bits per heavy atom. The number of hydrogen-bond acceptors (Lipinski definition) is 32. The topological polar surface area (TPSA) is 468 Å². The van der Waals surface area contributed by atoms with Gasteiger partial charge in [0.2, 0.25) is 17.6 Å². The lowest BCUT2D eigenvalue weighted by atomic mass is 9.89. The minimum Gasteiger partial charge on any atom is -0.506 e. The zero-order valence-electron chi connectivity index (χ0n) is 56.0. The number of nitrogens with one attached hydrogen (secondary N) is 5. The van der Waals surface area contributed by atoms with E-state index in [-0.39, 0.29) is 136 Å². The summed E-state index contributed by atoms with van der Waals surface area (Å²) >= 11 is 4.38. The molecule has 12 N–H and O–H groups in total. The van der Waals surface area contributed by atoms with Crippen molar-refractivity contribution < 1.29 is 92.4 Å². The second kappa shape index (κ2) is 30.2. The zero-order valence-corrected chi connectivity index (χ0v) is 60.1. The van der Waals surface area contributed by atoms with Gasteiger partial charge >= 0.3 is 5.97 Å². The third kappa shape index (κ3) is 15.1. The average Bonchev–Trinajstić information content (AvgIpc) is 1.64. The molecular formula is C64H69N15O19S5. The number of allylic oxidation sites excluding steroid dienone is 1. The second-order valence-electron chi connectivity index (χ2n) is 24.9. The lowest BCUT2D eigenvalue weighted by Gasteiger charge is -2.47. The van der Waals surface area contributed by atoms with E-state index in [4.69, 9.17) is 49.1 Å². The van der Waals surface area contributed by atoms with E-state index in [1.165, 1.54) is 66.9 Å². The maximum Gasteiger partial charge on any atom is 0.338 e. The van der Waals surface area contributed by atoms with Crippen molar-refractivity contribution in [1.82, 2.24) is 71.0 Å². The molecule has 12 rings (SSSR count). The van der Waals surface area contributed by atoms with Crippen LogP contribution in [0.15, 0.2) is 56.9 Å². The van der Waals surface area contributed by atoms with Crippen molar-refractivity contribution in [1.29, 1.82) is 0 Å². The van der Waals surface area contributed by atoms with Crippen LogP contribution in [-0.2, 0) is 56.0 Å². The number of aliphatic hydroxyl groups excluding tert-OH is 2. The molecule has 39 heteroatoms. The number of aromatic hydroxyl groups is 1. The van der Waals surface area contributed by atoms with Gasteiger partial charge in [-0.2, -0.15) is 4.73 Å². The molecular weight excluding hydrogens is 1440 g/mol. The number of amides is 6. The molecule has 12 bridgehead atoms. The number of nitrogens with two attached hydrogens (primary N) is 1. The van der Waals surface area contributed by atoms with Crippen molar-refractivity contribution in [3.05, 3.63) is 112 Å². The quantitative estimate of drug-likeness (QED) is 0.0449. The van der Waals surface area contributed by atoms with Crippen molar-refractivity contribution in [3.63, 3.8) is 0 Å². The molecule has 34 nitrogen and oxygen atoms in total. The lowest BCUT2D eigenvalue weighted by Crippen LogP contribution is -2.60. The molecule has 0 radical (unpaired) electrons. The first-order chi connectivity index (χ1) is 49.1. The molecule has 8 unspecified atom stereocenters. The summed E-state index contributed by atoms with van der Waals surface area (Å²) in [5.41, 5.74) is 2.45. The number of Topliss-reactive ketones (excluding diaryl/α,β-unsaturated/α-hetero) is 1. The number of esters is 1. The van der Waals surface area contributed by atoms with E-state index in [1.54, 1.807) is 31.0 Å². The molecule has 11 atom stereocenters. The number of pyridine rings is 1. The van der Waals surface area contributed by atoms with Crippen LogP contribution in [0.5, 0.6) is 5.75 Å². The molecule has 0 saturated carbocycles. The van der Waals surface area contributed by atoms with Crippen LogP contribution in [0.2, 0.25) is 0 Å². The number of ether oxygens (including phenoxy) is 6. The third-order valence-electron chi connectivity index (χ3n) is 17.4. The van der Waals surface area contributed by atoms with Gasteiger partial charge in [0.1, 0.15) is 131 Å². The van der Waals surface area contributed by atoms with Crippen molar-refractivity contribution in [3.8, 4) is 38.4 Å². The number of hydrogen-bond donors (Lipinski definition) is 11. The SMILES string of the molecule is CO/C(C)=C1/NC(=O)C(C(C)O)NC(=O)c2csc(n2)-c2cc(O)c(-c3nc(C(=O)NC(CN(C)CCO)C(N)=O)cs3)nc2-c2csc(n2)C2NC(=O)c3csc(n3)C(NC(=O)c3csc1n3)C1OCc3c(n(O)c4cccc(c34)COC(=O)C1OC1O[C@@H](C)[C@@H](N(C)C)C[C@@]1(C)O)C(=O)CO2. The molecule has 544 valence electrons. The van der Waals surface area contributed by atoms with Crippen LogP contribution in [0.4, 0.5) is 0 Å². The van der Waals surface area contributed by atoms with E-state index in [1.807, 2.05) is 19.0 Å². The summed E-state index contributed by atoms with van der Waals surface area (Å²) in [5, 5.41) is 77.3. The summed E-state index contributed by atoms with van der Waals surface area (Å²) in [6.45, 7) is 3.81. The Kier molecular flexibility index (Phi) is 21.6. The summed E-state index contributed by atoms with van der Waals surface area (Å²) in [7, 11) is 6.53. The summed E-state index contributed by atoms with van der Waals surface area (Å²) in [5.74, 6) is -7.96. The fourth-order valence-electron chi connectivity index (χ4n) is 12.0. The monoisotopic (exact) mass is 1510 g/mol. The molecule has 103 heavy (non-hydrogen) atoms. The number of carbonyl (C=O) groups excluding carboxylic acids is 8. The van der Waals surface area contributed by atoms with Gasteiger partial charge in [0, 0.05) is 62.5 Å². The first-order valence-electron chi connectivity index (χ1n) is 31.7. The number of nitrogens with zero attached hydrogens (tertiary/aromatic N) is 9. The number of aromatic nitrogens is 7. The highest BCUT2D eigenvalue weighted by molar-refractivity contribution is 7.14. The Morgan fingerprint density at radius 3 is 2.23 bits per heavy atom. The third-order valence-corrected chi connectivity index (χ3v) is 21.8. The molecule has 4 aliphatic heterocycles. The van der Waals surface area contributed by atoms with Gasteiger partial charge in [-0.25, -0.2) is 34.7 Å². The number of likely N-dealkylation sites (N-methyl/N-ethyl adjacent to an activating group) is 2. The molecule has 7 aromatic heterocycles. The van der Waals surface area contributed by atoms with E-state index >= 15 is 19.2 Å². The number of cyclic esters (lactones) is 1. The van der Waals surface area contributed by atoms with Gasteiger partial charge in [0.05, 0.1) is 38.0 Å². The van der Waals surface area contributed by atoms with Crippen molar-refractivity contribution in [2.24, 2.45) is 5.73 Å². The molecule has 0 spiro atoms. The van der Waals surface area contributed by atoms with Crippen LogP contribution in [0.1, 0.15) is 125 Å². The smallest absolute Gasteiger partial charge is 0.338 e. The highest BCUT2D eigenvalue weighted by Gasteiger charge is 2.51. The largest absolute Gasteiger partial charge is 0.506 e. The van der Waals surface area contributed by atoms with Gasteiger partial charge in [-0.05, 0) is 73.0 Å². The van der Waals surface area contributed by atoms with Crippen LogP contribution in [0.3, 0.4) is 0 Å². The van der Waals surface area contributed by atoms with E-state index in [2.05, 4.69) is 41.5 Å². The maximum atomic E-state index is 15.2. The molecule has 1 saturated heterocycles. The standard InChI is InChI=1S/C64H69N15O19S5/c1-25(81)42-55(89)74-43(27(3)93-8)58-69-35(23-100-58)53(87)75-46-48-49(98-63-64(4,91)15-38(77(5)6)26(2)97-63)62(90)96-17-28-10-9-11-37-41(28)30(18-94-48)47(79(37)92)40(83)19-95-56(76-54(88)36-24-102-60(46)71-36)61-67-32(20-103-61)44-29(57-68-34(21-99-57)52(86)73-42)14-39(82)45(72-44)59-70-33(22-101-59)51(85)66-31(50(65)84)16-78(7)12-13-80/h9-11,14,20-26,31,38,42,46,48-49,56,63,80-82,91-92H,12-13,15-19H2,1-8H3,(H2,65,84)(H,66,85)(H,73,86)(H,74,89)(H,75,87)(H,76,88)/b43-27+/t25?,26-,31?,38-,42?,46?,48?,49?,56?,63?,64+/m0/s1. The summed E-state index contributed by atoms with van der Waals surface area (Å²) in [6.07, 6.45) is -9.16. The van der Waals surface area contributed by atoms with Crippen LogP contribution in [0.25, 0.3) is 49.3 Å². The van der Waals surface area contributed by atoms with E-state index < -0.39 is 133 Å². The van der Waals surface area contributed by atoms with Crippen LogP contribution < -0.4 is 32.3 Å². The van der Waals surface area contributed by atoms with Crippen LogP contribution >= 0.6 is 56.7 Å². The molecule has 6 amide bonds. The average molecular weight is 1510 g/mol. The van der Waals surface area contributed by atoms with E-state index in [0.29, 0.717) is 10.3 Å². The minimum atomic E-state index is -1.98. The Bertz CT molecular complexity index is 4670. The molecule has 11 heterocycles. The number of fused-ring (bicyclic) bond motifs is 15. The number of methoxy groups -OCH3 is 1. The Hall–Kier alpha value is -9.20. The van der Waals surface area contributed by atoms with Gasteiger partial charge in [-0.15, -0.1) is 56.7 Å². The number of thiazole rings is 5. The fraction of sp³-hybridized carbons (Fsp3) is 0.406. The Labute approximate surface area is 604 Å². The highest BCUT2D eigenvalue weighted by atomic mass is 32.1. The first kappa shape index (κ1) is 73.5. The molecule has 1 fully saturated rings. The predicted octanol–water partition coefficient (Wildman–Crippen LogP) is 2.67. The minimum absolute atomic E-state index is 0.00637. The lowest BCUT2D eigenvalue weighted by molar-refractivity contribution is -0.308. The molecule has 8 aromatic rings. The summed E-state index contributed by atoms with van der Waals surface area (Å²) in [4.78, 5) is 147. The molecule has 0 aliphatic carbocycles. The normalized spacial score (nSPS) is 23.9. The van der Waals surface area contributed by atoms with Crippen LogP contribution in [-0.4, -0.2) is 226 Å². The second-order valence-corrected chi connectivity index (χ2v) is 29.3. The number of benzene rings is 1. The van der Waals surface area contributed by atoms with Crippen LogP contribution in [0, 0.1) is 0 Å². The van der Waals surface area contributed by atoms with Gasteiger partial charge in [0.25, 0.3) is 23.6 Å². The molecule has 4 aliphatic rings. The number of aliphatic hydroxyl groups is 3. The highest BCUT2D eigenvalue weighted by Crippen LogP contribution is 2.43.